The first-order valence-corrected chi connectivity index (χ1v) is 7.18. The van der Waals surface area contributed by atoms with E-state index >= 15 is 0 Å². The Morgan fingerprint density at radius 3 is 2.63 bits per heavy atom. The van der Waals surface area contributed by atoms with Crippen molar-refractivity contribution in [1.29, 1.82) is 0 Å². The van der Waals surface area contributed by atoms with Crippen LogP contribution in [-0.2, 0) is 13.0 Å². The van der Waals surface area contributed by atoms with E-state index in [1.54, 1.807) is 4.68 Å². The van der Waals surface area contributed by atoms with Gasteiger partial charge in [-0.25, -0.2) is 0 Å². The zero-order valence-electron chi connectivity index (χ0n) is 12.1. The van der Waals surface area contributed by atoms with Crippen LogP contribution in [-0.4, -0.2) is 39.2 Å². The van der Waals surface area contributed by atoms with Crippen molar-refractivity contribution >= 4 is 5.91 Å². The van der Waals surface area contributed by atoms with E-state index in [9.17, 15) is 4.79 Å². The highest BCUT2D eigenvalue weighted by Gasteiger charge is 2.42. The number of nitrogens with two attached hydrogens (primary N) is 1. The highest BCUT2D eigenvalue weighted by atomic mass is 16.2. The van der Waals surface area contributed by atoms with Crippen LogP contribution in [0.2, 0.25) is 0 Å². The Balaban J connectivity index is 2.07. The molecule has 0 aliphatic carbocycles. The van der Waals surface area contributed by atoms with E-state index in [0.717, 1.165) is 31.5 Å². The van der Waals surface area contributed by atoms with Gasteiger partial charge in [-0.1, -0.05) is 20.3 Å². The molecule has 2 N–H and O–H groups in total. The van der Waals surface area contributed by atoms with Crippen LogP contribution < -0.4 is 5.73 Å². The van der Waals surface area contributed by atoms with E-state index in [0.29, 0.717) is 18.8 Å². The molecule has 1 fully saturated rings. The van der Waals surface area contributed by atoms with E-state index in [1.165, 1.54) is 0 Å². The van der Waals surface area contributed by atoms with Crippen LogP contribution in [0.4, 0.5) is 0 Å². The van der Waals surface area contributed by atoms with E-state index in [2.05, 4.69) is 12.0 Å². The van der Waals surface area contributed by atoms with Gasteiger partial charge < -0.3 is 10.6 Å². The zero-order valence-corrected chi connectivity index (χ0v) is 12.1. The largest absolute Gasteiger partial charge is 0.333 e. The van der Waals surface area contributed by atoms with Crippen LogP contribution >= 0.6 is 0 Å². The van der Waals surface area contributed by atoms with Crippen molar-refractivity contribution < 1.29 is 4.79 Å². The first-order chi connectivity index (χ1) is 9.03. The van der Waals surface area contributed by atoms with E-state index < -0.39 is 0 Å². The smallest absolute Gasteiger partial charge is 0.272 e. The fraction of sp³-hybridized carbons (Fsp3) is 0.714. The van der Waals surface area contributed by atoms with Gasteiger partial charge in [0, 0.05) is 19.6 Å². The third-order valence-corrected chi connectivity index (χ3v) is 3.76. The van der Waals surface area contributed by atoms with Gasteiger partial charge in [0.2, 0.25) is 0 Å². The van der Waals surface area contributed by atoms with Gasteiger partial charge in [0.05, 0.1) is 11.2 Å². The molecule has 0 unspecified atom stereocenters. The fourth-order valence-corrected chi connectivity index (χ4v) is 2.73. The van der Waals surface area contributed by atoms with Crippen LogP contribution in [0.15, 0.2) is 6.07 Å². The number of carbonyl (C=O) groups excluding carboxylic acids is 1. The number of nitrogens with zero attached hydrogens (tertiary/aromatic N) is 3. The Labute approximate surface area is 114 Å². The molecule has 5 nitrogen and oxygen atoms in total. The molecular weight excluding hydrogens is 240 g/mol. The minimum Gasteiger partial charge on any atom is -0.333 e. The molecular formula is C14H24N4O. The highest BCUT2D eigenvalue weighted by molar-refractivity contribution is 5.93. The number of amides is 1. The molecule has 19 heavy (non-hydrogen) atoms. The van der Waals surface area contributed by atoms with E-state index in [1.807, 2.05) is 24.8 Å². The van der Waals surface area contributed by atoms with Gasteiger partial charge in [-0.2, -0.15) is 5.10 Å². The van der Waals surface area contributed by atoms with Gasteiger partial charge in [-0.15, -0.1) is 0 Å². The molecule has 5 heteroatoms. The Hall–Kier alpha value is -1.36. The van der Waals surface area contributed by atoms with Crippen molar-refractivity contribution in [1.82, 2.24) is 14.7 Å². The molecule has 1 saturated heterocycles. The summed E-state index contributed by atoms with van der Waals surface area (Å²) in [5.41, 5.74) is 7.70. The average Bonchev–Trinajstić information content (AvgIpc) is 2.78. The Morgan fingerprint density at radius 2 is 2.11 bits per heavy atom. The highest BCUT2D eigenvalue weighted by Crippen LogP contribution is 2.25. The molecule has 0 atom stereocenters. The summed E-state index contributed by atoms with van der Waals surface area (Å²) in [6.07, 6.45) is 2.89. The number of rotatable bonds is 5. The van der Waals surface area contributed by atoms with Crippen LogP contribution in [0, 0.1) is 0 Å². The second-order valence-electron chi connectivity index (χ2n) is 5.46. The summed E-state index contributed by atoms with van der Waals surface area (Å²) in [5, 5.41) is 4.42. The number of aryl methyl sites for hydroxylation is 2. The van der Waals surface area contributed by atoms with Gasteiger partial charge in [-0.05, 0) is 25.8 Å². The minimum absolute atomic E-state index is 0.0613. The Bertz CT molecular complexity index is 460. The number of carbonyl (C=O) groups is 1. The molecule has 0 bridgehead atoms. The van der Waals surface area contributed by atoms with E-state index in [4.69, 9.17) is 5.73 Å². The topological polar surface area (TPSA) is 64.2 Å². The Morgan fingerprint density at radius 1 is 1.42 bits per heavy atom. The predicted octanol–water partition coefficient (Wildman–Crippen LogP) is 1.42. The van der Waals surface area contributed by atoms with Crippen molar-refractivity contribution in [3.8, 4) is 0 Å². The third-order valence-electron chi connectivity index (χ3n) is 3.76. The van der Waals surface area contributed by atoms with Crippen LogP contribution in [0.3, 0.4) is 0 Å². The molecule has 2 rings (SSSR count). The van der Waals surface area contributed by atoms with Crippen molar-refractivity contribution in [2.75, 3.05) is 13.1 Å². The maximum atomic E-state index is 12.4. The molecule has 0 saturated carbocycles. The molecule has 2 heterocycles. The van der Waals surface area contributed by atoms with Crippen molar-refractivity contribution in [2.24, 2.45) is 5.73 Å². The molecule has 0 radical (unpaired) electrons. The molecule has 0 aromatic carbocycles. The first-order valence-electron chi connectivity index (χ1n) is 7.18. The zero-order chi connectivity index (χ0) is 14.0. The summed E-state index contributed by atoms with van der Waals surface area (Å²) in [6, 6.07) is 1.90. The summed E-state index contributed by atoms with van der Waals surface area (Å²) in [6.45, 7) is 8.22. The summed E-state index contributed by atoms with van der Waals surface area (Å²) < 4.78 is 1.79. The van der Waals surface area contributed by atoms with Crippen molar-refractivity contribution in [3.05, 3.63) is 17.5 Å². The SMILES string of the molecule is CCCC1(N)CN(C(=O)c2cc(CC)nn2CC)C1. The van der Waals surface area contributed by atoms with Gasteiger partial charge in [0.25, 0.3) is 5.91 Å². The maximum absolute atomic E-state index is 12.4. The lowest BCUT2D eigenvalue weighted by atomic mass is 9.86. The van der Waals surface area contributed by atoms with Crippen LogP contribution in [0.25, 0.3) is 0 Å². The number of hydrogen-bond donors (Lipinski definition) is 1. The van der Waals surface area contributed by atoms with Gasteiger partial charge >= 0.3 is 0 Å². The number of aromatic nitrogens is 2. The van der Waals surface area contributed by atoms with Gasteiger partial charge in [0.15, 0.2) is 0 Å². The lowest BCUT2D eigenvalue weighted by molar-refractivity contribution is 0.0375. The van der Waals surface area contributed by atoms with Crippen molar-refractivity contribution in [2.45, 2.75) is 52.1 Å². The monoisotopic (exact) mass is 264 g/mol. The summed E-state index contributed by atoms with van der Waals surface area (Å²) >= 11 is 0. The molecule has 1 aromatic heterocycles. The molecule has 1 aliphatic heterocycles. The second-order valence-corrected chi connectivity index (χ2v) is 5.46. The third kappa shape index (κ3) is 2.66. The predicted molar refractivity (Wildman–Crippen MR) is 75.0 cm³/mol. The fourth-order valence-electron chi connectivity index (χ4n) is 2.73. The summed E-state index contributed by atoms with van der Waals surface area (Å²) in [4.78, 5) is 14.3. The first kappa shape index (κ1) is 14.1. The molecule has 0 spiro atoms. The van der Waals surface area contributed by atoms with Crippen LogP contribution in [0.5, 0.6) is 0 Å². The van der Waals surface area contributed by atoms with E-state index in [-0.39, 0.29) is 11.4 Å². The average molecular weight is 264 g/mol. The lowest BCUT2D eigenvalue weighted by Crippen LogP contribution is -2.68. The van der Waals surface area contributed by atoms with Gasteiger partial charge in [0.1, 0.15) is 5.69 Å². The second kappa shape index (κ2) is 5.33. The lowest BCUT2D eigenvalue weighted by Gasteiger charge is -2.47. The maximum Gasteiger partial charge on any atom is 0.272 e. The molecule has 106 valence electrons. The molecule has 1 aromatic rings. The summed E-state index contributed by atoms with van der Waals surface area (Å²) in [5.74, 6) is 0.0613. The van der Waals surface area contributed by atoms with Crippen LogP contribution in [0.1, 0.15) is 49.8 Å². The summed E-state index contributed by atoms with van der Waals surface area (Å²) in [7, 11) is 0. The Kier molecular flexibility index (Phi) is 3.94. The molecule has 1 aliphatic rings. The quantitative estimate of drug-likeness (QED) is 0.874. The van der Waals surface area contributed by atoms with Crippen molar-refractivity contribution in [3.63, 3.8) is 0 Å². The standard InChI is InChI=1S/C14H24N4O/c1-4-7-14(15)9-17(10-14)13(19)12-8-11(5-2)16-18(12)6-3/h8H,4-7,9-10,15H2,1-3H3. The van der Waals surface area contributed by atoms with Gasteiger partial charge in [-0.3, -0.25) is 9.48 Å². The number of likely N-dealkylation sites (tertiary alicyclic amines) is 1. The normalized spacial score (nSPS) is 17.4. The molecule has 1 amide bonds. The number of hydrogen-bond acceptors (Lipinski definition) is 3. The minimum atomic E-state index is -0.172.